The van der Waals surface area contributed by atoms with Gasteiger partial charge < -0.3 is 14.6 Å². The highest BCUT2D eigenvalue weighted by molar-refractivity contribution is 5.93. The van der Waals surface area contributed by atoms with E-state index < -0.39 is 19.2 Å². The minimum Gasteiger partial charge on any atom is -0.465 e. The minimum absolute atomic E-state index is 0.0102. The van der Waals surface area contributed by atoms with E-state index in [9.17, 15) is 13.6 Å². The van der Waals surface area contributed by atoms with E-state index in [0.717, 1.165) is 19.2 Å². The first kappa shape index (κ1) is 13.9. The van der Waals surface area contributed by atoms with Gasteiger partial charge in [0.1, 0.15) is 11.8 Å². The molecule has 0 saturated carbocycles. The van der Waals surface area contributed by atoms with E-state index in [4.69, 9.17) is 10.4 Å². The van der Waals surface area contributed by atoms with Crippen LogP contribution in [-0.2, 0) is 11.3 Å². The molecule has 0 saturated heterocycles. The second-order valence-corrected chi connectivity index (χ2v) is 3.14. The van der Waals surface area contributed by atoms with Crippen LogP contribution in [0.4, 0.5) is 8.78 Å². The zero-order chi connectivity index (χ0) is 13.7. The number of alkyl halides is 2. The summed E-state index contributed by atoms with van der Waals surface area (Å²) in [7, 11) is 1.09. The van der Waals surface area contributed by atoms with Crippen molar-refractivity contribution >= 4 is 5.97 Å². The van der Waals surface area contributed by atoms with Crippen molar-refractivity contribution in [3.63, 3.8) is 0 Å². The maximum absolute atomic E-state index is 12.1. The number of carbonyl (C=O) groups is 1. The standard InChI is InChI=1S/C11H9F2NO4/c1-17-10(16)8-3-7(18-11(12)13)2-6(5-15)9(8)4-14/h2-3,11,15H,5H2,1H3. The number of rotatable bonds is 4. The zero-order valence-corrected chi connectivity index (χ0v) is 9.31. The molecule has 0 aliphatic rings. The lowest BCUT2D eigenvalue weighted by Crippen LogP contribution is -2.09. The van der Waals surface area contributed by atoms with Crippen molar-refractivity contribution in [2.75, 3.05) is 7.11 Å². The van der Waals surface area contributed by atoms with E-state index in [-0.39, 0.29) is 22.4 Å². The molecule has 1 aromatic rings. The van der Waals surface area contributed by atoms with Crippen LogP contribution in [0.2, 0.25) is 0 Å². The van der Waals surface area contributed by atoms with Crippen molar-refractivity contribution < 1.29 is 28.2 Å². The minimum atomic E-state index is -3.07. The summed E-state index contributed by atoms with van der Waals surface area (Å²) in [4.78, 5) is 11.4. The summed E-state index contributed by atoms with van der Waals surface area (Å²) in [6.07, 6.45) is 0. The Hall–Kier alpha value is -2.20. The van der Waals surface area contributed by atoms with Gasteiger partial charge in [-0.25, -0.2) is 4.79 Å². The highest BCUT2D eigenvalue weighted by atomic mass is 19.3. The molecule has 1 rings (SSSR count). The highest BCUT2D eigenvalue weighted by Crippen LogP contribution is 2.24. The van der Waals surface area contributed by atoms with Crippen LogP contribution in [0.5, 0.6) is 5.75 Å². The third-order valence-electron chi connectivity index (χ3n) is 2.11. The van der Waals surface area contributed by atoms with Crippen LogP contribution in [0.15, 0.2) is 12.1 Å². The molecule has 0 aliphatic carbocycles. The van der Waals surface area contributed by atoms with E-state index in [0.29, 0.717) is 0 Å². The summed E-state index contributed by atoms with van der Waals surface area (Å²) in [5, 5.41) is 17.9. The number of carbonyl (C=O) groups excluding carboxylic acids is 1. The first-order chi connectivity index (χ1) is 8.53. The fourth-order valence-corrected chi connectivity index (χ4v) is 1.37. The maximum atomic E-state index is 12.1. The molecule has 0 heterocycles. The molecule has 1 aromatic carbocycles. The Kier molecular flexibility index (Phi) is 4.57. The monoisotopic (exact) mass is 257 g/mol. The van der Waals surface area contributed by atoms with Gasteiger partial charge in [-0.15, -0.1) is 0 Å². The van der Waals surface area contributed by atoms with E-state index in [1.807, 2.05) is 0 Å². The molecular formula is C11H9F2NO4. The number of esters is 1. The summed E-state index contributed by atoms with van der Waals surface area (Å²) < 4.78 is 32.7. The predicted molar refractivity (Wildman–Crippen MR) is 55.1 cm³/mol. The fourth-order valence-electron chi connectivity index (χ4n) is 1.37. The number of aliphatic hydroxyl groups excluding tert-OH is 1. The lowest BCUT2D eigenvalue weighted by atomic mass is 10.0. The average Bonchev–Trinajstić information content (AvgIpc) is 2.35. The Morgan fingerprint density at radius 1 is 1.56 bits per heavy atom. The molecule has 0 fully saturated rings. The van der Waals surface area contributed by atoms with Gasteiger partial charge in [-0.1, -0.05) is 0 Å². The molecule has 0 atom stereocenters. The molecule has 5 nitrogen and oxygen atoms in total. The highest BCUT2D eigenvalue weighted by Gasteiger charge is 2.18. The topological polar surface area (TPSA) is 79.6 Å². The second kappa shape index (κ2) is 5.93. The van der Waals surface area contributed by atoms with Crippen molar-refractivity contribution in [2.45, 2.75) is 13.2 Å². The summed E-state index contributed by atoms with van der Waals surface area (Å²) in [5.41, 5.74) is -0.357. The largest absolute Gasteiger partial charge is 0.465 e. The lowest BCUT2D eigenvalue weighted by Gasteiger charge is -2.10. The zero-order valence-electron chi connectivity index (χ0n) is 9.31. The molecule has 0 radical (unpaired) electrons. The lowest BCUT2D eigenvalue weighted by molar-refractivity contribution is -0.0500. The first-order valence-electron chi connectivity index (χ1n) is 4.74. The molecule has 7 heteroatoms. The van der Waals surface area contributed by atoms with Gasteiger partial charge in [0.05, 0.1) is 24.8 Å². The number of hydrogen-bond acceptors (Lipinski definition) is 5. The fraction of sp³-hybridized carbons (Fsp3) is 0.273. The van der Waals surface area contributed by atoms with Gasteiger partial charge in [-0.2, -0.15) is 14.0 Å². The molecule has 0 unspecified atom stereocenters. The maximum Gasteiger partial charge on any atom is 0.387 e. The third-order valence-corrected chi connectivity index (χ3v) is 2.11. The van der Waals surface area contributed by atoms with Crippen molar-refractivity contribution in [3.05, 3.63) is 28.8 Å². The van der Waals surface area contributed by atoms with Crippen LogP contribution in [0, 0.1) is 11.3 Å². The number of hydrogen-bond donors (Lipinski definition) is 1. The second-order valence-electron chi connectivity index (χ2n) is 3.14. The van der Waals surface area contributed by atoms with Gasteiger partial charge in [0.15, 0.2) is 0 Å². The Labute approximate surface area is 101 Å². The number of ether oxygens (including phenoxy) is 2. The molecule has 18 heavy (non-hydrogen) atoms. The quantitative estimate of drug-likeness (QED) is 0.825. The van der Waals surface area contributed by atoms with Gasteiger partial charge in [0, 0.05) is 0 Å². The van der Waals surface area contributed by atoms with Crippen LogP contribution in [-0.4, -0.2) is 24.8 Å². The van der Waals surface area contributed by atoms with Crippen LogP contribution in [0.1, 0.15) is 21.5 Å². The first-order valence-corrected chi connectivity index (χ1v) is 4.74. The van der Waals surface area contributed by atoms with Crippen LogP contribution in [0.3, 0.4) is 0 Å². The van der Waals surface area contributed by atoms with Crippen LogP contribution < -0.4 is 4.74 Å². The van der Waals surface area contributed by atoms with Gasteiger partial charge >= 0.3 is 12.6 Å². The summed E-state index contributed by atoms with van der Waals surface area (Å²) in [5.74, 6) is -1.20. The Bertz CT molecular complexity index is 497. The SMILES string of the molecule is COC(=O)c1cc(OC(F)F)cc(CO)c1C#N. The molecular weight excluding hydrogens is 248 g/mol. The number of nitrogens with zero attached hydrogens (tertiary/aromatic N) is 1. The van der Waals surface area contributed by atoms with Crippen molar-refractivity contribution in [1.29, 1.82) is 5.26 Å². The van der Waals surface area contributed by atoms with Crippen molar-refractivity contribution in [2.24, 2.45) is 0 Å². The number of benzene rings is 1. The average molecular weight is 257 g/mol. The molecule has 0 bridgehead atoms. The number of halogens is 2. The summed E-state index contributed by atoms with van der Waals surface area (Å²) >= 11 is 0. The van der Waals surface area contributed by atoms with Gasteiger partial charge in [0.2, 0.25) is 0 Å². The predicted octanol–water partition coefficient (Wildman–Crippen LogP) is 1.44. The Morgan fingerprint density at radius 3 is 2.67 bits per heavy atom. The Morgan fingerprint density at radius 2 is 2.22 bits per heavy atom. The third kappa shape index (κ3) is 2.93. The van der Waals surface area contributed by atoms with E-state index >= 15 is 0 Å². The number of aliphatic hydroxyl groups is 1. The number of methoxy groups -OCH3 is 1. The molecule has 0 spiro atoms. The van der Waals surface area contributed by atoms with Crippen LogP contribution in [0.25, 0.3) is 0 Å². The van der Waals surface area contributed by atoms with E-state index in [1.54, 1.807) is 6.07 Å². The van der Waals surface area contributed by atoms with Crippen molar-refractivity contribution in [1.82, 2.24) is 0 Å². The molecule has 1 N–H and O–H groups in total. The smallest absolute Gasteiger partial charge is 0.387 e. The van der Waals surface area contributed by atoms with E-state index in [1.165, 1.54) is 0 Å². The van der Waals surface area contributed by atoms with Gasteiger partial charge in [-0.3, -0.25) is 0 Å². The summed E-state index contributed by atoms with van der Waals surface area (Å²) in [6, 6.07) is 3.74. The number of nitriles is 1. The van der Waals surface area contributed by atoms with Crippen molar-refractivity contribution in [3.8, 4) is 11.8 Å². The molecule has 0 aromatic heterocycles. The molecule has 96 valence electrons. The molecule has 0 aliphatic heterocycles. The summed E-state index contributed by atoms with van der Waals surface area (Å²) in [6.45, 7) is -3.66. The van der Waals surface area contributed by atoms with Crippen LogP contribution >= 0.6 is 0 Å². The Balaban J connectivity index is 3.37. The molecule has 0 amide bonds. The van der Waals surface area contributed by atoms with E-state index in [2.05, 4.69) is 9.47 Å². The van der Waals surface area contributed by atoms with Gasteiger partial charge in [-0.05, 0) is 17.7 Å². The van der Waals surface area contributed by atoms with Gasteiger partial charge in [0.25, 0.3) is 0 Å². The normalized spacial score (nSPS) is 10.0.